The molecule has 0 amide bonds. The Kier molecular flexibility index (Phi) is 11.8. The monoisotopic (exact) mass is 527 g/mol. The predicted octanol–water partition coefficient (Wildman–Crippen LogP) is 5.97. The molecule has 0 spiro atoms. The molecule has 0 saturated carbocycles. The fourth-order valence-electron chi connectivity index (χ4n) is 5.83. The van der Waals surface area contributed by atoms with Gasteiger partial charge in [-0.3, -0.25) is 0 Å². The molecule has 3 saturated heterocycles. The van der Waals surface area contributed by atoms with Crippen molar-refractivity contribution in [3.05, 3.63) is 48.1 Å². The molecule has 7 nitrogen and oxygen atoms in total. The van der Waals surface area contributed by atoms with E-state index in [-0.39, 0.29) is 60.7 Å². The van der Waals surface area contributed by atoms with Crippen LogP contribution in [0.4, 0.5) is 0 Å². The summed E-state index contributed by atoms with van der Waals surface area (Å²) in [5.74, 6) is -0.419. The first kappa shape index (κ1) is 30.3. The molecule has 0 radical (unpaired) electrons. The van der Waals surface area contributed by atoms with E-state index in [2.05, 4.69) is 25.6 Å². The van der Waals surface area contributed by atoms with Gasteiger partial charge in [0.25, 0.3) is 0 Å². The van der Waals surface area contributed by atoms with Crippen LogP contribution < -0.4 is 0 Å². The summed E-state index contributed by atoms with van der Waals surface area (Å²) in [5, 5.41) is 9.14. The van der Waals surface area contributed by atoms with Gasteiger partial charge in [0.15, 0.2) is 6.29 Å². The second kappa shape index (κ2) is 14.8. The Balaban J connectivity index is 1.57. The number of allylic oxidation sites excluding steroid dienone is 2. The highest BCUT2D eigenvalue weighted by Gasteiger charge is 2.43. The van der Waals surface area contributed by atoms with Gasteiger partial charge < -0.3 is 23.7 Å². The van der Waals surface area contributed by atoms with Gasteiger partial charge in [0.1, 0.15) is 6.10 Å². The first-order valence-corrected chi connectivity index (χ1v) is 14.0. The van der Waals surface area contributed by atoms with E-state index in [9.17, 15) is 4.79 Å². The molecule has 9 atom stereocenters. The molecule has 3 aliphatic heterocycles. The zero-order chi connectivity index (χ0) is 27.7. The smallest absolute Gasteiger partial charge is 0.330 e. The van der Waals surface area contributed by atoms with E-state index < -0.39 is 0 Å². The Morgan fingerprint density at radius 1 is 1.08 bits per heavy atom. The summed E-state index contributed by atoms with van der Waals surface area (Å²) in [6, 6.07) is 2.09. The van der Waals surface area contributed by atoms with Gasteiger partial charge in [-0.15, -0.1) is 0 Å². The number of nitriles is 1. The van der Waals surface area contributed by atoms with Crippen LogP contribution in [0.1, 0.15) is 73.1 Å². The van der Waals surface area contributed by atoms with E-state index in [4.69, 9.17) is 28.9 Å². The van der Waals surface area contributed by atoms with E-state index in [0.29, 0.717) is 13.0 Å². The zero-order valence-electron chi connectivity index (χ0n) is 23.6. The number of esters is 1. The summed E-state index contributed by atoms with van der Waals surface area (Å²) in [5.41, 5.74) is 2.02. The van der Waals surface area contributed by atoms with Crippen LogP contribution in [-0.4, -0.2) is 55.5 Å². The molecular weight excluding hydrogens is 482 g/mol. The number of nitrogens with zero attached hydrogens (tertiary/aromatic N) is 1. The van der Waals surface area contributed by atoms with Crippen molar-refractivity contribution >= 4 is 5.97 Å². The molecule has 38 heavy (non-hydrogen) atoms. The number of hydrogen-bond acceptors (Lipinski definition) is 7. The molecule has 9 unspecified atom stereocenters. The lowest BCUT2D eigenvalue weighted by Gasteiger charge is -2.44. The minimum absolute atomic E-state index is 0.0168. The lowest BCUT2D eigenvalue weighted by atomic mass is 9.79. The van der Waals surface area contributed by atoms with Gasteiger partial charge in [-0.1, -0.05) is 44.2 Å². The van der Waals surface area contributed by atoms with Crippen LogP contribution in [0.3, 0.4) is 0 Å². The molecule has 0 aliphatic carbocycles. The van der Waals surface area contributed by atoms with E-state index in [0.717, 1.165) is 37.7 Å². The highest BCUT2D eigenvalue weighted by molar-refractivity contribution is 5.82. The summed E-state index contributed by atoms with van der Waals surface area (Å²) in [4.78, 5) is 12.9. The lowest BCUT2D eigenvalue weighted by molar-refractivity contribution is -0.211. The first-order valence-electron chi connectivity index (χ1n) is 14.0. The van der Waals surface area contributed by atoms with Gasteiger partial charge in [0.2, 0.25) is 0 Å². The van der Waals surface area contributed by atoms with Crippen molar-refractivity contribution in [1.82, 2.24) is 0 Å². The largest absolute Gasteiger partial charge is 0.458 e. The van der Waals surface area contributed by atoms with Gasteiger partial charge in [0.05, 0.1) is 43.2 Å². The zero-order valence-corrected chi connectivity index (χ0v) is 23.6. The minimum Gasteiger partial charge on any atom is -0.458 e. The topological polar surface area (TPSA) is 87.0 Å². The average molecular weight is 528 g/mol. The number of carbonyl (C=O) groups is 1. The molecular formula is C31H45NO6. The third-order valence-electron chi connectivity index (χ3n) is 7.79. The molecule has 3 rings (SSSR count). The van der Waals surface area contributed by atoms with Crippen molar-refractivity contribution in [3.8, 4) is 6.07 Å². The predicted molar refractivity (Wildman–Crippen MR) is 146 cm³/mol. The summed E-state index contributed by atoms with van der Waals surface area (Å²) in [6.07, 6.45) is 12.9. The average Bonchev–Trinajstić information content (AvgIpc) is 2.86. The van der Waals surface area contributed by atoms with Crippen LogP contribution >= 0.6 is 0 Å². The molecule has 0 aromatic heterocycles. The number of rotatable bonds is 9. The third kappa shape index (κ3) is 8.64. The van der Waals surface area contributed by atoms with E-state index in [1.807, 2.05) is 39.8 Å². The van der Waals surface area contributed by atoms with Crippen LogP contribution in [0.15, 0.2) is 48.1 Å². The van der Waals surface area contributed by atoms with Crippen LogP contribution in [-0.2, 0) is 28.5 Å². The van der Waals surface area contributed by atoms with Crippen molar-refractivity contribution in [1.29, 1.82) is 5.26 Å². The summed E-state index contributed by atoms with van der Waals surface area (Å²) < 4.78 is 30.1. The SMILES string of the molecule is C=C1CC(CC=CC(=O)OC2C(C)C(CC=CC)OC(C(C)=CC#N)C2C)OC(CC2CCOC(C)O2)C1. The molecule has 210 valence electrons. The molecule has 3 heterocycles. The number of carbonyl (C=O) groups excluding carboxylic acids is 1. The standard InChI is InChI=1S/C31H45NO6/c1-7-8-11-28-22(4)31(23(5)30(37-28)21(3)13-15-32)38-29(33)12-9-10-25-17-20(2)18-27(36-25)19-26-14-16-34-24(6)35-26/h7-9,12-13,22-28,30-31H,2,10-11,14,16-19H2,1,3-6H3. The van der Waals surface area contributed by atoms with Crippen LogP contribution in [0.25, 0.3) is 0 Å². The maximum atomic E-state index is 12.9. The third-order valence-corrected chi connectivity index (χ3v) is 7.79. The highest BCUT2D eigenvalue weighted by Crippen LogP contribution is 2.37. The quantitative estimate of drug-likeness (QED) is 0.158. The Bertz CT molecular complexity index is 933. The Hall–Kier alpha value is -2.24. The summed E-state index contributed by atoms with van der Waals surface area (Å²) in [7, 11) is 0. The minimum atomic E-state index is -0.364. The Labute approximate surface area is 228 Å². The maximum Gasteiger partial charge on any atom is 0.330 e. The lowest BCUT2D eigenvalue weighted by Crippen LogP contribution is -2.50. The molecule has 3 fully saturated rings. The highest BCUT2D eigenvalue weighted by atomic mass is 16.7. The summed E-state index contributed by atoms with van der Waals surface area (Å²) in [6.45, 7) is 14.8. The van der Waals surface area contributed by atoms with Gasteiger partial charge in [0, 0.05) is 30.4 Å². The Morgan fingerprint density at radius 3 is 2.55 bits per heavy atom. The fourth-order valence-corrected chi connectivity index (χ4v) is 5.83. The van der Waals surface area contributed by atoms with Gasteiger partial charge in [-0.05, 0) is 58.4 Å². The molecule has 3 aliphatic rings. The second-order valence-corrected chi connectivity index (χ2v) is 10.9. The molecule has 7 heteroatoms. The van der Waals surface area contributed by atoms with Crippen molar-refractivity contribution in [2.45, 2.75) is 116 Å². The van der Waals surface area contributed by atoms with Gasteiger partial charge in [-0.2, -0.15) is 5.26 Å². The molecule has 0 N–H and O–H groups in total. The Morgan fingerprint density at radius 2 is 1.84 bits per heavy atom. The summed E-state index contributed by atoms with van der Waals surface area (Å²) >= 11 is 0. The van der Waals surface area contributed by atoms with Crippen molar-refractivity contribution in [2.24, 2.45) is 11.8 Å². The van der Waals surface area contributed by atoms with Crippen molar-refractivity contribution < 1.29 is 28.5 Å². The van der Waals surface area contributed by atoms with Crippen molar-refractivity contribution in [2.75, 3.05) is 6.61 Å². The van der Waals surface area contributed by atoms with Crippen molar-refractivity contribution in [3.63, 3.8) is 0 Å². The van der Waals surface area contributed by atoms with Crippen LogP contribution in [0, 0.1) is 23.2 Å². The number of hydrogen-bond donors (Lipinski definition) is 0. The number of ether oxygens (including phenoxy) is 5. The normalized spacial score (nSPS) is 36.9. The van der Waals surface area contributed by atoms with Crippen LogP contribution in [0.5, 0.6) is 0 Å². The van der Waals surface area contributed by atoms with E-state index in [1.165, 1.54) is 17.7 Å². The molecule has 0 aromatic carbocycles. The van der Waals surface area contributed by atoms with Gasteiger partial charge in [-0.25, -0.2) is 4.79 Å². The second-order valence-electron chi connectivity index (χ2n) is 10.9. The molecule has 0 aromatic rings. The first-order chi connectivity index (χ1) is 18.2. The fraction of sp³-hybridized carbons (Fsp3) is 0.677. The maximum absolute atomic E-state index is 12.9. The molecule has 0 bridgehead atoms. The van der Waals surface area contributed by atoms with E-state index in [1.54, 1.807) is 0 Å². The van der Waals surface area contributed by atoms with E-state index >= 15 is 0 Å². The van der Waals surface area contributed by atoms with Gasteiger partial charge >= 0.3 is 5.97 Å². The van der Waals surface area contributed by atoms with Crippen LogP contribution in [0.2, 0.25) is 0 Å².